The molecular weight excluding hydrogens is 202 g/mol. The third kappa shape index (κ3) is 2.95. The first kappa shape index (κ1) is 13.5. The van der Waals surface area contributed by atoms with E-state index >= 15 is 0 Å². The van der Waals surface area contributed by atoms with E-state index < -0.39 is 5.54 Å². The molecule has 0 radical (unpaired) electrons. The molecule has 0 aliphatic carbocycles. The van der Waals surface area contributed by atoms with Crippen molar-refractivity contribution in [2.45, 2.75) is 51.6 Å². The van der Waals surface area contributed by atoms with Crippen molar-refractivity contribution >= 4 is 5.91 Å². The highest BCUT2D eigenvalue weighted by Gasteiger charge is 2.39. The fourth-order valence-corrected chi connectivity index (χ4v) is 2.30. The third-order valence-corrected chi connectivity index (χ3v) is 3.57. The molecular formula is C12H25N3O. The monoisotopic (exact) mass is 227 g/mol. The number of hydrogen-bond acceptors (Lipinski definition) is 3. The number of nitrogens with one attached hydrogen (secondary N) is 1. The van der Waals surface area contributed by atoms with Crippen molar-refractivity contribution in [1.82, 2.24) is 10.2 Å². The van der Waals surface area contributed by atoms with Gasteiger partial charge in [-0.2, -0.15) is 0 Å². The van der Waals surface area contributed by atoms with Gasteiger partial charge in [-0.15, -0.1) is 0 Å². The number of nitrogens with two attached hydrogens (primary N) is 1. The van der Waals surface area contributed by atoms with E-state index in [9.17, 15) is 4.79 Å². The molecule has 1 saturated heterocycles. The molecule has 0 spiro atoms. The van der Waals surface area contributed by atoms with Gasteiger partial charge in [-0.3, -0.25) is 4.79 Å². The van der Waals surface area contributed by atoms with Crippen LogP contribution in [-0.4, -0.2) is 42.0 Å². The van der Waals surface area contributed by atoms with Crippen molar-refractivity contribution in [3.05, 3.63) is 0 Å². The van der Waals surface area contributed by atoms with Gasteiger partial charge in [0.1, 0.15) is 5.54 Å². The van der Waals surface area contributed by atoms with Crippen molar-refractivity contribution in [1.29, 1.82) is 0 Å². The summed E-state index contributed by atoms with van der Waals surface area (Å²) in [6.45, 7) is 9.26. The van der Waals surface area contributed by atoms with Crippen molar-refractivity contribution in [3.8, 4) is 0 Å². The van der Waals surface area contributed by atoms with Crippen molar-refractivity contribution in [2.24, 2.45) is 5.73 Å². The van der Waals surface area contributed by atoms with E-state index in [4.69, 9.17) is 5.73 Å². The molecule has 4 nitrogen and oxygen atoms in total. The second-order valence-electron chi connectivity index (χ2n) is 5.00. The third-order valence-electron chi connectivity index (χ3n) is 3.57. The zero-order valence-electron chi connectivity index (χ0n) is 10.8. The first-order chi connectivity index (χ1) is 7.52. The van der Waals surface area contributed by atoms with E-state index in [1.54, 1.807) is 0 Å². The molecule has 0 aromatic heterocycles. The highest BCUT2D eigenvalue weighted by molar-refractivity contribution is 5.84. The lowest BCUT2D eigenvalue weighted by Crippen LogP contribution is -2.61. The highest BCUT2D eigenvalue weighted by atomic mass is 16.1. The minimum atomic E-state index is -0.457. The number of hydrogen-bond donors (Lipinski definition) is 2. The van der Waals surface area contributed by atoms with Gasteiger partial charge in [0.25, 0.3) is 0 Å². The van der Waals surface area contributed by atoms with Gasteiger partial charge in [0, 0.05) is 19.1 Å². The lowest BCUT2D eigenvalue weighted by molar-refractivity contribution is -0.126. The van der Waals surface area contributed by atoms with Crippen LogP contribution in [0.2, 0.25) is 0 Å². The summed E-state index contributed by atoms with van der Waals surface area (Å²) in [4.78, 5) is 14.0. The summed E-state index contributed by atoms with van der Waals surface area (Å²) >= 11 is 0. The van der Waals surface area contributed by atoms with Crippen LogP contribution in [0.15, 0.2) is 0 Å². The van der Waals surface area contributed by atoms with Gasteiger partial charge in [-0.25, -0.2) is 0 Å². The van der Waals surface area contributed by atoms with Crippen molar-refractivity contribution < 1.29 is 4.79 Å². The number of piperidine rings is 1. The number of primary amides is 1. The number of nitrogens with zero attached hydrogens (tertiary/aromatic N) is 1. The van der Waals surface area contributed by atoms with E-state index in [-0.39, 0.29) is 5.91 Å². The quantitative estimate of drug-likeness (QED) is 0.727. The Bertz CT molecular complexity index is 232. The normalized spacial score (nSPS) is 21.2. The van der Waals surface area contributed by atoms with Gasteiger partial charge >= 0.3 is 0 Å². The van der Waals surface area contributed by atoms with Crippen LogP contribution in [0.4, 0.5) is 0 Å². The maximum absolute atomic E-state index is 11.6. The van der Waals surface area contributed by atoms with E-state index in [1.807, 2.05) is 0 Å². The second-order valence-corrected chi connectivity index (χ2v) is 5.00. The Morgan fingerprint density at radius 3 is 2.38 bits per heavy atom. The Morgan fingerprint density at radius 1 is 1.44 bits per heavy atom. The van der Waals surface area contributed by atoms with Gasteiger partial charge in [-0.05, 0) is 39.7 Å². The fraction of sp³-hybridized carbons (Fsp3) is 0.917. The number of carbonyl (C=O) groups is 1. The van der Waals surface area contributed by atoms with E-state index in [2.05, 4.69) is 31.0 Å². The summed E-state index contributed by atoms with van der Waals surface area (Å²) in [7, 11) is 0. The smallest absolute Gasteiger partial charge is 0.237 e. The van der Waals surface area contributed by atoms with Crippen LogP contribution in [0.1, 0.15) is 40.0 Å². The molecule has 0 bridgehead atoms. The van der Waals surface area contributed by atoms with Crippen LogP contribution in [0.3, 0.4) is 0 Å². The second kappa shape index (κ2) is 5.64. The van der Waals surface area contributed by atoms with Crippen LogP contribution in [0.25, 0.3) is 0 Å². The Balaban J connectivity index is 2.59. The maximum Gasteiger partial charge on any atom is 0.237 e. The number of rotatable bonds is 5. The summed E-state index contributed by atoms with van der Waals surface area (Å²) in [5.74, 6) is -0.190. The first-order valence-electron chi connectivity index (χ1n) is 6.31. The summed E-state index contributed by atoms with van der Waals surface area (Å²) < 4.78 is 0. The average Bonchev–Trinajstić information content (AvgIpc) is 2.26. The van der Waals surface area contributed by atoms with E-state index in [0.29, 0.717) is 6.04 Å². The van der Waals surface area contributed by atoms with Gasteiger partial charge in [0.15, 0.2) is 0 Å². The minimum absolute atomic E-state index is 0.190. The zero-order chi connectivity index (χ0) is 12.2. The summed E-state index contributed by atoms with van der Waals surface area (Å²) in [5, 5.41) is 3.34. The standard InChI is InChI=1S/C12H25N3O/c1-4-7-14-12(11(13)16)5-8-15(9-6-12)10(2)3/h10,14H,4-9H2,1-3H3,(H2,13,16). The molecule has 0 aromatic rings. The van der Waals surface area contributed by atoms with Crippen LogP contribution < -0.4 is 11.1 Å². The number of amides is 1. The Hall–Kier alpha value is -0.610. The largest absolute Gasteiger partial charge is 0.368 e. The summed E-state index contributed by atoms with van der Waals surface area (Å²) in [5.41, 5.74) is 5.09. The Kier molecular flexibility index (Phi) is 4.74. The molecule has 1 aliphatic rings. The van der Waals surface area contributed by atoms with E-state index in [0.717, 1.165) is 38.9 Å². The molecule has 1 fully saturated rings. The predicted octanol–water partition coefficient (Wildman–Crippen LogP) is 0.714. The molecule has 0 saturated carbocycles. The maximum atomic E-state index is 11.6. The molecule has 94 valence electrons. The van der Waals surface area contributed by atoms with Gasteiger partial charge in [0.2, 0.25) is 5.91 Å². The minimum Gasteiger partial charge on any atom is -0.368 e. The lowest BCUT2D eigenvalue weighted by Gasteiger charge is -2.41. The molecule has 0 atom stereocenters. The van der Waals surface area contributed by atoms with E-state index in [1.165, 1.54) is 0 Å². The molecule has 3 N–H and O–H groups in total. The number of likely N-dealkylation sites (tertiary alicyclic amines) is 1. The zero-order valence-corrected chi connectivity index (χ0v) is 10.8. The Morgan fingerprint density at radius 2 is 2.00 bits per heavy atom. The van der Waals surface area contributed by atoms with Crippen LogP contribution in [-0.2, 0) is 4.79 Å². The van der Waals surface area contributed by atoms with Gasteiger partial charge in [0.05, 0.1) is 0 Å². The summed E-state index contributed by atoms with van der Waals surface area (Å²) in [6, 6.07) is 0.553. The fourth-order valence-electron chi connectivity index (χ4n) is 2.30. The summed E-state index contributed by atoms with van der Waals surface area (Å²) in [6.07, 6.45) is 2.70. The van der Waals surface area contributed by atoms with Gasteiger partial charge < -0.3 is 16.0 Å². The molecule has 16 heavy (non-hydrogen) atoms. The van der Waals surface area contributed by atoms with Crippen molar-refractivity contribution in [3.63, 3.8) is 0 Å². The molecule has 1 aliphatic heterocycles. The number of carbonyl (C=O) groups excluding carboxylic acids is 1. The van der Waals surface area contributed by atoms with Crippen LogP contribution >= 0.6 is 0 Å². The van der Waals surface area contributed by atoms with Gasteiger partial charge in [-0.1, -0.05) is 6.92 Å². The lowest BCUT2D eigenvalue weighted by atomic mass is 9.86. The highest BCUT2D eigenvalue weighted by Crippen LogP contribution is 2.23. The SMILES string of the molecule is CCCNC1(C(N)=O)CCN(C(C)C)CC1. The van der Waals surface area contributed by atoms with Crippen LogP contribution in [0, 0.1) is 0 Å². The molecule has 1 rings (SSSR count). The van der Waals surface area contributed by atoms with Crippen LogP contribution in [0.5, 0.6) is 0 Å². The average molecular weight is 227 g/mol. The Labute approximate surface area is 98.6 Å². The first-order valence-corrected chi connectivity index (χ1v) is 6.31. The molecule has 0 unspecified atom stereocenters. The molecule has 0 aromatic carbocycles. The topological polar surface area (TPSA) is 58.4 Å². The molecule has 1 amide bonds. The molecule has 1 heterocycles. The molecule has 4 heteroatoms. The van der Waals surface area contributed by atoms with Crippen molar-refractivity contribution in [2.75, 3.05) is 19.6 Å². The predicted molar refractivity (Wildman–Crippen MR) is 66.2 cm³/mol.